The first-order valence-electron chi connectivity index (χ1n) is 8.97. The molecule has 2 aliphatic rings. The van der Waals surface area contributed by atoms with Gasteiger partial charge in [-0.2, -0.15) is 0 Å². The largest absolute Gasteiger partial charge is 0.381 e. The maximum atomic E-state index is 11.0. The second kappa shape index (κ2) is 8.60. The van der Waals surface area contributed by atoms with Gasteiger partial charge in [0.1, 0.15) is 0 Å². The highest BCUT2D eigenvalue weighted by Gasteiger charge is 2.22. The molecule has 0 spiro atoms. The summed E-state index contributed by atoms with van der Waals surface area (Å²) in [6.07, 6.45) is 3.77. The van der Waals surface area contributed by atoms with Crippen molar-refractivity contribution >= 4 is 11.6 Å². The van der Waals surface area contributed by atoms with Gasteiger partial charge in [-0.15, -0.1) is 0 Å². The Balaban J connectivity index is 1.37. The van der Waals surface area contributed by atoms with Crippen LogP contribution in [0, 0.1) is 5.92 Å². The lowest BCUT2D eigenvalue weighted by Gasteiger charge is -2.32. The highest BCUT2D eigenvalue weighted by atomic mass is 16.5. The predicted molar refractivity (Wildman–Crippen MR) is 93.9 cm³/mol. The highest BCUT2D eigenvalue weighted by molar-refractivity contribution is 5.88. The topological polar surface area (TPSA) is 50.8 Å². The first-order chi connectivity index (χ1) is 11.7. The smallest absolute Gasteiger partial charge is 0.221 e. The number of hydrogen-bond acceptors (Lipinski definition) is 4. The number of hydrogen-bond donors (Lipinski definition) is 1. The van der Waals surface area contributed by atoms with E-state index in [1.165, 1.54) is 12.5 Å². The molecule has 0 bridgehead atoms. The Kier molecular flexibility index (Phi) is 6.24. The zero-order chi connectivity index (χ0) is 16.8. The molecule has 132 valence electrons. The molecule has 2 heterocycles. The van der Waals surface area contributed by atoms with Crippen LogP contribution in [0.3, 0.4) is 0 Å². The molecule has 1 unspecified atom stereocenters. The fraction of sp³-hybridized carbons (Fsp3) is 0.632. The average Bonchev–Trinajstić information content (AvgIpc) is 3.09. The van der Waals surface area contributed by atoms with Crippen molar-refractivity contribution < 1.29 is 14.3 Å². The maximum absolute atomic E-state index is 11.0. The Morgan fingerprint density at radius 3 is 2.62 bits per heavy atom. The molecule has 0 aromatic heterocycles. The second-order valence-electron chi connectivity index (χ2n) is 6.92. The summed E-state index contributed by atoms with van der Waals surface area (Å²) in [5.74, 6) is 0.569. The Bertz CT molecular complexity index is 518. The molecule has 2 fully saturated rings. The highest BCUT2D eigenvalue weighted by Crippen LogP contribution is 2.20. The van der Waals surface area contributed by atoms with Gasteiger partial charge in [0.15, 0.2) is 0 Å². The summed E-state index contributed by atoms with van der Waals surface area (Å²) >= 11 is 0. The molecule has 2 aliphatic heterocycles. The van der Waals surface area contributed by atoms with Gasteiger partial charge >= 0.3 is 0 Å². The van der Waals surface area contributed by atoms with Crippen molar-refractivity contribution in [2.75, 3.05) is 38.2 Å². The van der Waals surface area contributed by atoms with Crippen molar-refractivity contribution in [1.29, 1.82) is 0 Å². The molecular formula is C19H28N2O3. The number of nitrogens with one attached hydrogen (secondary N) is 1. The first kappa shape index (κ1) is 17.4. The molecule has 1 amide bonds. The predicted octanol–water partition coefficient (Wildman–Crippen LogP) is 2.66. The van der Waals surface area contributed by atoms with Crippen LogP contribution < -0.4 is 5.32 Å². The third-order valence-electron chi connectivity index (χ3n) is 4.81. The molecule has 5 nitrogen and oxygen atoms in total. The second-order valence-corrected chi connectivity index (χ2v) is 6.92. The van der Waals surface area contributed by atoms with E-state index in [1.807, 2.05) is 12.1 Å². The van der Waals surface area contributed by atoms with Crippen LogP contribution in [0.1, 0.15) is 31.7 Å². The van der Waals surface area contributed by atoms with E-state index in [0.29, 0.717) is 12.0 Å². The summed E-state index contributed by atoms with van der Waals surface area (Å²) in [6.45, 7) is 7.28. The molecule has 1 aromatic carbocycles. The number of anilines is 1. The number of ether oxygens (including phenoxy) is 2. The first-order valence-corrected chi connectivity index (χ1v) is 8.97. The molecule has 1 N–H and O–H groups in total. The maximum Gasteiger partial charge on any atom is 0.221 e. The Morgan fingerprint density at radius 2 is 2.00 bits per heavy atom. The molecule has 1 aromatic rings. The van der Waals surface area contributed by atoms with Gasteiger partial charge < -0.3 is 14.8 Å². The van der Waals surface area contributed by atoms with Gasteiger partial charge in [-0.05, 0) is 37.0 Å². The Labute approximate surface area is 144 Å². The van der Waals surface area contributed by atoms with E-state index in [4.69, 9.17) is 9.47 Å². The van der Waals surface area contributed by atoms with Crippen LogP contribution in [0.25, 0.3) is 0 Å². The van der Waals surface area contributed by atoms with Crippen LogP contribution in [0.15, 0.2) is 24.3 Å². The van der Waals surface area contributed by atoms with Crippen LogP contribution in [-0.2, 0) is 20.8 Å². The van der Waals surface area contributed by atoms with Crippen molar-refractivity contribution in [1.82, 2.24) is 4.90 Å². The van der Waals surface area contributed by atoms with Crippen LogP contribution in [0.4, 0.5) is 5.69 Å². The van der Waals surface area contributed by atoms with E-state index in [1.54, 1.807) is 0 Å². The molecule has 3 rings (SSSR count). The summed E-state index contributed by atoms with van der Waals surface area (Å²) in [5, 5.41) is 2.80. The van der Waals surface area contributed by atoms with Crippen molar-refractivity contribution in [3.8, 4) is 0 Å². The number of amides is 1. The normalized spacial score (nSPS) is 22.6. The third-order valence-corrected chi connectivity index (χ3v) is 4.81. The van der Waals surface area contributed by atoms with E-state index in [2.05, 4.69) is 22.3 Å². The lowest BCUT2D eigenvalue weighted by molar-refractivity contribution is -0.114. The fourth-order valence-corrected chi connectivity index (χ4v) is 3.38. The summed E-state index contributed by atoms with van der Waals surface area (Å²) in [7, 11) is 0. The number of rotatable bonds is 6. The summed E-state index contributed by atoms with van der Waals surface area (Å²) in [5.41, 5.74) is 2.14. The molecule has 5 heteroatoms. The minimum atomic E-state index is -0.0333. The average molecular weight is 332 g/mol. The molecule has 1 atom stereocenters. The lowest BCUT2D eigenvalue weighted by atomic mass is 10.1. The fourth-order valence-electron chi connectivity index (χ4n) is 3.38. The number of nitrogens with zero attached hydrogens (tertiary/aromatic N) is 1. The quantitative estimate of drug-likeness (QED) is 0.870. The molecule has 0 radical (unpaired) electrons. The van der Waals surface area contributed by atoms with Crippen LogP contribution >= 0.6 is 0 Å². The number of piperidine rings is 1. The van der Waals surface area contributed by atoms with Crippen LogP contribution in [0.2, 0.25) is 0 Å². The molecule has 0 saturated carbocycles. The number of benzene rings is 1. The van der Waals surface area contributed by atoms with Gasteiger partial charge in [0.05, 0.1) is 19.3 Å². The molecule has 24 heavy (non-hydrogen) atoms. The number of likely N-dealkylation sites (tertiary alicyclic amines) is 1. The van der Waals surface area contributed by atoms with E-state index >= 15 is 0 Å². The van der Waals surface area contributed by atoms with Crippen LogP contribution in [0.5, 0.6) is 0 Å². The minimum Gasteiger partial charge on any atom is -0.381 e. The van der Waals surface area contributed by atoms with Gasteiger partial charge in [0.25, 0.3) is 0 Å². The number of carbonyl (C=O) groups excluding carboxylic acids is 1. The van der Waals surface area contributed by atoms with Crippen molar-refractivity contribution in [3.05, 3.63) is 29.8 Å². The van der Waals surface area contributed by atoms with Gasteiger partial charge in [0.2, 0.25) is 5.91 Å². The zero-order valence-electron chi connectivity index (χ0n) is 14.5. The van der Waals surface area contributed by atoms with E-state index in [0.717, 1.165) is 64.4 Å². The van der Waals surface area contributed by atoms with E-state index in [9.17, 15) is 4.79 Å². The van der Waals surface area contributed by atoms with E-state index < -0.39 is 0 Å². The van der Waals surface area contributed by atoms with E-state index in [-0.39, 0.29) is 5.91 Å². The number of carbonyl (C=O) groups is 1. The summed E-state index contributed by atoms with van der Waals surface area (Å²) < 4.78 is 11.5. The van der Waals surface area contributed by atoms with Gasteiger partial charge in [-0.1, -0.05) is 12.1 Å². The Morgan fingerprint density at radius 1 is 1.25 bits per heavy atom. The van der Waals surface area contributed by atoms with Crippen molar-refractivity contribution in [2.45, 2.75) is 38.8 Å². The molecule has 2 saturated heterocycles. The lowest BCUT2D eigenvalue weighted by Crippen LogP contribution is -2.37. The van der Waals surface area contributed by atoms with Crippen molar-refractivity contribution in [2.24, 2.45) is 5.92 Å². The summed E-state index contributed by atoms with van der Waals surface area (Å²) in [6, 6.07) is 8.12. The SMILES string of the molecule is CC(=O)Nc1ccc(CN2CCC(OCC3CCOC3)CC2)cc1. The Hall–Kier alpha value is -1.43. The third kappa shape index (κ3) is 5.30. The molecular weight excluding hydrogens is 304 g/mol. The monoisotopic (exact) mass is 332 g/mol. The van der Waals surface area contributed by atoms with Gasteiger partial charge in [0, 0.05) is 44.8 Å². The summed E-state index contributed by atoms with van der Waals surface area (Å²) in [4.78, 5) is 13.5. The van der Waals surface area contributed by atoms with Gasteiger partial charge in [-0.3, -0.25) is 9.69 Å². The molecule has 0 aliphatic carbocycles. The minimum absolute atomic E-state index is 0.0333. The van der Waals surface area contributed by atoms with Crippen molar-refractivity contribution in [3.63, 3.8) is 0 Å². The van der Waals surface area contributed by atoms with Gasteiger partial charge in [-0.25, -0.2) is 0 Å². The standard InChI is InChI=1S/C19H28N2O3/c1-15(22)20-18-4-2-16(3-5-18)12-21-9-6-19(7-10-21)24-14-17-8-11-23-13-17/h2-5,17,19H,6-14H2,1H3,(H,20,22). The zero-order valence-corrected chi connectivity index (χ0v) is 14.5. The van der Waals surface area contributed by atoms with Crippen LogP contribution in [-0.4, -0.2) is 49.8 Å².